The number of hydrogen-bond donors (Lipinski definition) is 1. The number of carbonyl (C=O) groups is 2. The van der Waals surface area contributed by atoms with E-state index >= 15 is 0 Å². The van der Waals surface area contributed by atoms with Crippen LogP contribution in [0.2, 0.25) is 0 Å². The van der Waals surface area contributed by atoms with E-state index in [0.29, 0.717) is 5.69 Å². The maximum atomic E-state index is 11.8. The average molecular weight is 319 g/mol. The Morgan fingerprint density at radius 2 is 1.45 bits per heavy atom. The first-order chi connectivity index (χ1) is 10.5. The highest BCUT2D eigenvalue weighted by atomic mass is 32.2. The fourth-order valence-corrected chi connectivity index (χ4v) is 2.58. The Labute approximate surface area is 127 Å². The quantitative estimate of drug-likeness (QED) is 0.670. The van der Waals surface area contributed by atoms with Gasteiger partial charge < -0.3 is 4.74 Å². The van der Waals surface area contributed by atoms with Gasteiger partial charge in [-0.05, 0) is 24.3 Å². The number of ether oxygens (including phenoxy) is 1. The Bertz CT molecular complexity index is 757. The zero-order valence-electron chi connectivity index (χ0n) is 11.4. The lowest BCUT2D eigenvalue weighted by Crippen LogP contribution is -2.26. The smallest absolute Gasteiger partial charge is 0.345 e. The van der Waals surface area contributed by atoms with Crippen LogP contribution in [0.4, 0.5) is 5.69 Å². The van der Waals surface area contributed by atoms with Crippen molar-refractivity contribution in [2.45, 2.75) is 0 Å². The number of hydrogen-bond acceptors (Lipinski definition) is 5. The van der Waals surface area contributed by atoms with Gasteiger partial charge in [-0.15, -0.1) is 0 Å². The molecule has 114 valence electrons. The first kappa shape index (κ1) is 15.7. The van der Waals surface area contributed by atoms with Crippen LogP contribution in [0.15, 0.2) is 60.7 Å². The van der Waals surface area contributed by atoms with E-state index in [2.05, 4.69) is 9.46 Å². The first-order valence-corrected chi connectivity index (χ1v) is 7.97. The van der Waals surface area contributed by atoms with Crippen LogP contribution in [0, 0.1) is 0 Å². The molecule has 0 amide bonds. The van der Waals surface area contributed by atoms with E-state index in [1.165, 1.54) is 24.3 Å². The first-order valence-electron chi connectivity index (χ1n) is 6.32. The van der Waals surface area contributed by atoms with Crippen molar-refractivity contribution in [1.29, 1.82) is 0 Å². The predicted molar refractivity (Wildman–Crippen MR) is 80.7 cm³/mol. The fraction of sp³-hybridized carbons (Fsp3) is 0.0667. The van der Waals surface area contributed by atoms with Gasteiger partial charge in [0.25, 0.3) is 0 Å². The van der Waals surface area contributed by atoms with Gasteiger partial charge in [-0.2, -0.15) is 0 Å². The molecule has 0 aromatic heterocycles. The zero-order chi connectivity index (χ0) is 16.0. The van der Waals surface area contributed by atoms with Gasteiger partial charge >= 0.3 is 11.9 Å². The summed E-state index contributed by atoms with van der Waals surface area (Å²) < 4.78 is 30.3. The van der Waals surface area contributed by atoms with Crippen molar-refractivity contribution >= 4 is 27.6 Å². The number of para-hydroxylation sites is 1. The Hall–Kier alpha value is -2.67. The summed E-state index contributed by atoms with van der Waals surface area (Å²) in [6, 6.07) is 15.9. The minimum Gasteiger partial charge on any atom is -0.389 e. The fourth-order valence-electron chi connectivity index (χ4n) is 1.64. The van der Waals surface area contributed by atoms with Gasteiger partial charge in [0.05, 0.1) is 5.56 Å². The van der Waals surface area contributed by atoms with Crippen molar-refractivity contribution in [2.75, 3.05) is 10.5 Å². The average Bonchev–Trinajstić information content (AvgIpc) is 2.47. The topological polar surface area (TPSA) is 89.5 Å². The van der Waals surface area contributed by atoms with Gasteiger partial charge in [-0.3, -0.25) is 9.52 Å². The van der Waals surface area contributed by atoms with E-state index < -0.39 is 27.7 Å². The third-order valence-electron chi connectivity index (χ3n) is 2.57. The van der Waals surface area contributed by atoms with Gasteiger partial charge in [0.1, 0.15) is 0 Å². The zero-order valence-corrected chi connectivity index (χ0v) is 12.2. The summed E-state index contributed by atoms with van der Waals surface area (Å²) in [5, 5.41) is 0. The van der Waals surface area contributed by atoms with Gasteiger partial charge in [0.2, 0.25) is 10.0 Å². The molecular weight excluding hydrogens is 306 g/mol. The second-order valence-corrected chi connectivity index (χ2v) is 6.08. The summed E-state index contributed by atoms with van der Waals surface area (Å²) in [5.74, 6) is -2.97. The Morgan fingerprint density at radius 1 is 0.909 bits per heavy atom. The number of rotatable bonds is 5. The highest BCUT2D eigenvalue weighted by Crippen LogP contribution is 2.08. The number of carbonyl (C=O) groups excluding carboxylic acids is 2. The van der Waals surface area contributed by atoms with Crippen molar-refractivity contribution in [1.82, 2.24) is 0 Å². The molecule has 2 aromatic carbocycles. The van der Waals surface area contributed by atoms with Crippen molar-refractivity contribution < 1.29 is 22.7 Å². The Kier molecular flexibility index (Phi) is 4.90. The van der Waals surface area contributed by atoms with Gasteiger partial charge in [0.15, 0.2) is 5.75 Å². The Morgan fingerprint density at radius 3 is 2.05 bits per heavy atom. The SMILES string of the molecule is O=C(CS(=O)(=O)Nc1ccccc1)OC(=O)c1ccccc1. The van der Waals surface area contributed by atoms with Gasteiger partial charge in [-0.1, -0.05) is 36.4 Å². The minimum absolute atomic E-state index is 0.171. The largest absolute Gasteiger partial charge is 0.389 e. The lowest BCUT2D eigenvalue weighted by Gasteiger charge is -2.07. The molecule has 0 saturated carbocycles. The van der Waals surface area contributed by atoms with Gasteiger partial charge in [0, 0.05) is 5.69 Å². The predicted octanol–water partition coefficient (Wildman–Crippen LogP) is 1.81. The number of benzene rings is 2. The third kappa shape index (κ3) is 4.71. The molecule has 0 saturated heterocycles. The number of anilines is 1. The second kappa shape index (κ2) is 6.86. The second-order valence-electron chi connectivity index (χ2n) is 4.35. The molecule has 0 heterocycles. The van der Waals surface area contributed by atoms with E-state index in [1.807, 2.05) is 0 Å². The maximum absolute atomic E-state index is 11.8. The molecular formula is C15H13NO5S. The van der Waals surface area contributed by atoms with Crippen LogP contribution >= 0.6 is 0 Å². The molecule has 7 heteroatoms. The minimum atomic E-state index is -3.94. The van der Waals surface area contributed by atoms with Crippen LogP contribution in [0.3, 0.4) is 0 Å². The summed E-state index contributed by atoms with van der Waals surface area (Å²) in [7, 11) is -3.94. The lowest BCUT2D eigenvalue weighted by atomic mass is 10.2. The van der Waals surface area contributed by atoms with E-state index in [1.54, 1.807) is 36.4 Å². The van der Waals surface area contributed by atoms with Crippen LogP contribution in [-0.4, -0.2) is 26.1 Å². The van der Waals surface area contributed by atoms with Crippen molar-refractivity contribution in [2.24, 2.45) is 0 Å². The highest BCUT2D eigenvalue weighted by Gasteiger charge is 2.21. The molecule has 0 aliphatic heterocycles. The summed E-state index contributed by atoms with van der Waals surface area (Å²) in [5.41, 5.74) is 0.494. The van der Waals surface area contributed by atoms with Crippen LogP contribution in [0.5, 0.6) is 0 Å². The molecule has 22 heavy (non-hydrogen) atoms. The van der Waals surface area contributed by atoms with Crippen LogP contribution < -0.4 is 4.72 Å². The summed E-state index contributed by atoms with van der Waals surface area (Å²) >= 11 is 0. The van der Waals surface area contributed by atoms with E-state index in [0.717, 1.165) is 0 Å². The molecule has 0 aliphatic carbocycles. The number of sulfonamides is 1. The van der Waals surface area contributed by atoms with Crippen molar-refractivity contribution in [3.05, 3.63) is 66.2 Å². The molecule has 0 unspecified atom stereocenters. The van der Waals surface area contributed by atoms with Gasteiger partial charge in [-0.25, -0.2) is 13.2 Å². The van der Waals surface area contributed by atoms with E-state index in [4.69, 9.17) is 0 Å². The van der Waals surface area contributed by atoms with E-state index in [-0.39, 0.29) is 5.56 Å². The molecule has 0 bridgehead atoms. The molecule has 6 nitrogen and oxygen atoms in total. The standard InChI is InChI=1S/C15H13NO5S/c17-14(21-15(18)12-7-3-1-4-8-12)11-22(19,20)16-13-9-5-2-6-10-13/h1-10,16H,11H2. The van der Waals surface area contributed by atoms with Crippen LogP contribution in [0.1, 0.15) is 10.4 Å². The molecule has 0 atom stereocenters. The summed E-state index contributed by atoms with van der Waals surface area (Å²) in [6.07, 6.45) is 0. The summed E-state index contributed by atoms with van der Waals surface area (Å²) in [4.78, 5) is 23.2. The lowest BCUT2D eigenvalue weighted by molar-refractivity contribution is -0.134. The van der Waals surface area contributed by atoms with Crippen molar-refractivity contribution in [3.8, 4) is 0 Å². The molecule has 2 aromatic rings. The van der Waals surface area contributed by atoms with Crippen LogP contribution in [0.25, 0.3) is 0 Å². The van der Waals surface area contributed by atoms with Crippen LogP contribution in [-0.2, 0) is 19.6 Å². The number of esters is 2. The normalized spacial score (nSPS) is 10.7. The summed E-state index contributed by atoms with van der Waals surface area (Å²) in [6.45, 7) is 0. The molecule has 0 fully saturated rings. The molecule has 0 spiro atoms. The molecule has 0 aliphatic rings. The molecule has 1 N–H and O–H groups in total. The highest BCUT2D eigenvalue weighted by molar-refractivity contribution is 7.93. The van der Waals surface area contributed by atoms with Crippen molar-refractivity contribution in [3.63, 3.8) is 0 Å². The monoisotopic (exact) mass is 319 g/mol. The van der Waals surface area contributed by atoms with E-state index in [9.17, 15) is 18.0 Å². The molecule has 2 rings (SSSR count). The maximum Gasteiger partial charge on any atom is 0.345 e. The third-order valence-corrected chi connectivity index (χ3v) is 3.73. The Balaban J connectivity index is 1.95. The molecule has 0 radical (unpaired) electrons. The number of nitrogens with one attached hydrogen (secondary N) is 1.